The third kappa shape index (κ3) is 4.43. The first-order chi connectivity index (χ1) is 12.9. The number of aryl methyl sites for hydroxylation is 1. The van der Waals surface area contributed by atoms with Crippen LogP contribution in [0.2, 0.25) is 0 Å². The highest BCUT2D eigenvalue weighted by atomic mass is 32.2. The molecule has 0 saturated heterocycles. The van der Waals surface area contributed by atoms with Gasteiger partial charge in [-0.1, -0.05) is 48.9 Å². The zero-order valence-electron chi connectivity index (χ0n) is 15.1. The normalized spacial score (nSPS) is 11.3. The standard InChI is InChI=1S/C20H20N2O3S2/c1-3-12-27(24,25)18-7-5-4-6-16(18)19(23)22-20-21-17(13-26-20)15-10-8-14(2)9-11-15/h4-11,13H,3,12H2,1-2H3,(H,21,22,23). The molecular weight excluding hydrogens is 380 g/mol. The van der Waals surface area contributed by atoms with E-state index in [1.807, 2.05) is 36.6 Å². The van der Waals surface area contributed by atoms with Gasteiger partial charge in [-0.05, 0) is 25.5 Å². The van der Waals surface area contributed by atoms with Crippen molar-refractivity contribution >= 4 is 32.2 Å². The van der Waals surface area contributed by atoms with Crippen LogP contribution in [0.4, 0.5) is 5.13 Å². The fourth-order valence-electron chi connectivity index (χ4n) is 2.66. The zero-order chi connectivity index (χ0) is 19.4. The summed E-state index contributed by atoms with van der Waals surface area (Å²) in [4.78, 5) is 17.2. The van der Waals surface area contributed by atoms with Crippen molar-refractivity contribution in [1.29, 1.82) is 0 Å². The molecule has 0 atom stereocenters. The maximum atomic E-state index is 12.7. The summed E-state index contributed by atoms with van der Waals surface area (Å²) in [5.74, 6) is -0.471. The molecule has 1 amide bonds. The average Bonchev–Trinajstić information content (AvgIpc) is 3.10. The van der Waals surface area contributed by atoms with Gasteiger partial charge in [0, 0.05) is 10.9 Å². The van der Waals surface area contributed by atoms with Crippen LogP contribution in [-0.4, -0.2) is 25.1 Å². The number of carbonyl (C=O) groups is 1. The molecule has 140 valence electrons. The Hall–Kier alpha value is -2.51. The fourth-order valence-corrected chi connectivity index (χ4v) is 4.91. The Labute approximate surface area is 163 Å². The third-order valence-corrected chi connectivity index (χ3v) is 6.74. The number of thiazole rings is 1. The molecule has 2 aromatic carbocycles. The second kappa shape index (κ2) is 8.02. The van der Waals surface area contributed by atoms with Crippen LogP contribution in [0, 0.1) is 6.92 Å². The fraction of sp³-hybridized carbons (Fsp3) is 0.200. The van der Waals surface area contributed by atoms with Gasteiger partial charge in [-0.2, -0.15) is 0 Å². The number of hydrogen-bond acceptors (Lipinski definition) is 5. The van der Waals surface area contributed by atoms with Crippen molar-refractivity contribution in [2.24, 2.45) is 0 Å². The summed E-state index contributed by atoms with van der Waals surface area (Å²) < 4.78 is 24.9. The van der Waals surface area contributed by atoms with Gasteiger partial charge in [-0.15, -0.1) is 11.3 Å². The van der Waals surface area contributed by atoms with Crippen molar-refractivity contribution in [2.45, 2.75) is 25.2 Å². The van der Waals surface area contributed by atoms with Gasteiger partial charge in [0.05, 0.1) is 21.9 Å². The molecule has 1 aromatic heterocycles. The first-order valence-electron chi connectivity index (χ1n) is 8.56. The van der Waals surface area contributed by atoms with Crippen molar-refractivity contribution in [1.82, 2.24) is 4.98 Å². The van der Waals surface area contributed by atoms with Gasteiger partial charge in [0.2, 0.25) is 0 Å². The van der Waals surface area contributed by atoms with E-state index < -0.39 is 15.7 Å². The van der Waals surface area contributed by atoms with Crippen LogP contribution in [0.3, 0.4) is 0 Å². The molecule has 0 aliphatic carbocycles. The molecule has 3 aromatic rings. The Kier molecular flexibility index (Phi) is 5.72. The van der Waals surface area contributed by atoms with Crippen LogP contribution in [0.15, 0.2) is 58.8 Å². The first-order valence-corrected chi connectivity index (χ1v) is 11.1. The number of nitrogens with zero attached hydrogens (tertiary/aromatic N) is 1. The van der Waals surface area contributed by atoms with Gasteiger partial charge >= 0.3 is 0 Å². The molecule has 0 unspecified atom stereocenters. The number of nitrogens with one attached hydrogen (secondary N) is 1. The van der Waals surface area contributed by atoms with Crippen LogP contribution in [-0.2, 0) is 9.84 Å². The second-order valence-corrected chi connectivity index (χ2v) is 9.11. The SMILES string of the molecule is CCCS(=O)(=O)c1ccccc1C(=O)Nc1nc(-c2ccc(C)cc2)cs1. The summed E-state index contributed by atoms with van der Waals surface area (Å²) >= 11 is 1.30. The summed E-state index contributed by atoms with van der Waals surface area (Å²) in [6.07, 6.45) is 0.491. The number of hydrogen-bond donors (Lipinski definition) is 1. The summed E-state index contributed by atoms with van der Waals surface area (Å²) in [7, 11) is -3.50. The largest absolute Gasteiger partial charge is 0.298 e. The minimum absolute atomic E-state index is 0.00607. The number of rotatable bonds is 6. The van der Waals surface area contributed by atoms with Gasteiger partial charge in [-0.3, -0.25) is 10.1 Å². The smallest absolute Gasteiger partial charge is 0.258 e. The molecular formula is C20H20N2O3S2. The Morgan fingerprint density at radius 1 is 1.11 bits per heavy atom. The first kappa shape index (κ1) is 19.3. The Bertz CT molecular complexity index is 1050. The highest BCUT2D eigenvalue weighted by Gasteiger charge is 2.22. The van der Waals surface area contributed by atoms with E-state index in [-0.39, 0.29) is 16.2 Å². The molecule has 0 radical (unpaired) electrons. The van der Waals surface area contributed by atoms with Crippen molar-refractivity contribution in [2.75, 3.05) is 11.1 Å². The molecule has 0 bridgehead atoms. The van der Waals surface area contributed by atoms with E-state index in [2.05, 4.69) is 10.3 Å². The summed E-state index contributed by atoms with van der Waals surface area (Å²) in [5, 5.41) is 5.01. The number of benzene rings is 2. The lowest BCUT2D eigenvalue weighted by molar-refractivity contribution is 0.102. The van der Waals surface area contributed by atoms with E-state index in [4.69, 9.17) is 0 Å². The van der Waals surface area contributed by atoms with Gasteiger partial charge in [-0.25, -0.2) is 13.4 Å². The molecule has 0 saturated carbocycles. The van der Waals surface area contributed by atoms with Gasteiger partial charge < -0.3 is 0 Å². The van der Waals surface area contributed by atoms with Crippen molar-refractivity contribution in [3.05, 3.63) is 65.0 Å². The van der Waals surface area contributed by atoms with E-state index in [0.29, 0.717) is 11.6 Å². The lowest BCUT2D eigenvalue weighted by atomic mass is 10.1. The van der Waals surface area contributed by atoms with Crippen LogP contribution in [0.25, 0.3) is 11.3 Å². The number of anilines is 1. The molecule has 0 aliphatic rings. The van der Waals surface area contributed by atoms with Crippen molar-refractivity contribution < 1.29 is 13.2 Å². The summed E-state index contributed by atoms with van der Waals surface area (Å²) in [6, 6.07) is 14.2. The molecule has 0 fully saturated rings. The van der Waals surface area contributed by atoms with Crippen molar-refractivity contribution in [3.8, 4) is 11.3 Å². The van der Waals surface area contributed by atoms with Gasteiger partial charge in [0.1, 0.15) is 0 Å². The molecule has 0 spiro atoms. The molecule has 7 heteroatoms. The van der Waals surface area contributed by atoms with Gasteiger partial charge in [0.15, 0.2) is 15.0 Å². The number of sulfone groups is 1. The minimum atomic E-state index is -3.50. The van der Waals surface area contributed by atoms with E-state index in [1.165, 1.54) is 23.5 Å². The predicted octanol–water partition coefficient (Wildman–Crippen LogP) is 4.55. The Balaban J connectivity index is 1.84. The lowest BCUT2D eigenvalue weighted by Crippen LogP contribution is -2.17. The Morgan fingerprint density at radius 3 is 2.52 bits per heavy atom. The summed E-state index contributed by atoms with van der Waals surface area (Å²) in [5.41, 5.74) is 3.02. The molecule has 0 aliphatic heterocycles. The third-order valence-electron chi connectivity index (χ3n) is 4.01. The van der Waals surface area contributed by atoms with Crippen LogP contribution in [0.1, 0.15) is 29.3 Å². The maximum absolute atomic E-state index is 12.7. The van der Waals surface area contributed by atoms with Crippen LogP contribution >= 0.6 is 11.3 Å². The number of carbonyl (C=O) groups excluding carboxylic acids is 1. The summed E-state index contributed by atoms with van der Waals surface area (Å²) in [6.45, 7) is 3.81. The average molecular weight is 401 g/mol. The van der Waals surface area contributed by atoms with Crippen LogP contribution in [0.5, 0.6) is 0 Å². The highest BCUT2D eigenvalue weighted by Crippen LogP contribution is 2.26. The maximum Gasteiger partial charge on any atom is 0.258 e. The van der Waals surface area contributed by atoms with E-state index in [0.717, 1.165) is 16.8 Å². The molecule has 5 nitrogen and oxygen atoms in total. The second-order valence-electron chi connectivity index (χ2n) is 6.17. The molecule has 1 heterocycles. The molecule has 1 N–H and O–H groups in total. The highest BCUT2D eigenvalue weighted by molar-refractivity contribution is 7.91. The van der Waals surface area contributed by atoms with E-state index in [9.17, 15) is 13.2 Å². The van der Waals surface area contributed by atoms with Crippen LogP contribution < -0.4 is 5.32 Å². The molecule has 3 rings (SSSR count). The zero-order valence-corrected chi connectivity index (χ0v) is 16.7. The quantitative estimate of drug-likeness (QED) is 0.658. The minimum Gasteiger partial charge on any atom is -0.298 e. The molecule has 27 heavy (non-hydrogen) atoms. The predicted molar refractivity (Wildman–Crippen MR) is 109 cm³/mol. The number of aromatic nitrogens is 1. The van der Waals surface area contributed by atoms with E-state index >= 15 is 0 Å². The van der Waals surface area contributed by atoms with Gasteiger partial charge in [0.25, 0.3) is 5.91 Å². The van der Waals surface area contributed by atoms with Crippen molar-refractivity contribution in [3.63, 3.8) is 0 Å². The monoisotopic (exact) mass is 400 g/mol. The topological polar surface area (TPSA) is 76.1 Å². The van der Waals surface area contributed by atoms with E-state index in [1.54, 1.807) is 19.1 Å². The Morgan fingerprint density at radius 2 is 1.81 bits per heavy atom. The lowest BCUT2D eigenvalue weighted by Gasteiger charge is -2.09. The number of amides is 1.